The van der Waals surface area contributed by atoms with Crippen molar-refractivity contribution < 1.29 is 52.7 Å². The molecule has 0 aliphatic carbocycles. The van der Waals surface area contributed by atoms with E-state index >= 15 is 0 Å². The maximum Gasteiger partial charge on any atom is 0.513 e. The zero-order chi connectivity index (χ0) is 31.7. The van der Waals surface area contributed by atoms with E-state index in [4.69, 9.17) is 34.2 Å². The van der Waals surface area contributed by atoms with Crippen LogP contribution < -0.4 is 15.2 Å². The predicted octanol–water partition coefficient (Wildman–Crippen LogP) is 6.71. The molecule has 0 aromatic heterocycles. The number of hydrogen-bond acceptors (Lipinski definition) is 11. The molecule has 12 heteroatoms. The smallest absolute Gasteiger partial charge is 0.480 e. The molecule has 0 heterocycles. The first-order valence-corrected chi connectivity index (χ1v) is 14.5. The predicted molar refractivity (Wildman–Crippen MR) is 154 cm³/mol. The first-order valence-electron chi connectivity index (χ1n) is 14.5. The number of rotatable bonds is 18. The Morgan fingerprint density at radius 1 is 0.857 bits per heavy atom. The van der Waals surface area contributed by atoms with Gasteiger partial charge in [-0.3, -0.25) is 4.79 Å². The van der Waals surface area contributed by atoms with Crippen molar-refractivity contribution in [1.29, 1.82) is 0 Å². The number of carboxylic acids is 1. The molecule has 0 spiro atoms. The van der Waals surface area contributed by atoms with Gasteiger partial charge in [-0.05, 0) is 64.2 Å². The summed E-state index contributed by atoms with van der Waals surface area (Å²) in [7, 11) is 0. The Labute approximate surface area is 248 Å². The van der Waals surface area contributed by atoms with Crippen LogP contribution in [0.3, 0.4) is 0 Å². The number of hydrogen-bond donors (Lipinski definition) is 2. The Hall–Kier alpha value is -3.54. The van der Waals surface area contributed by atoms with Crippen molar-refractivity contribution in [2.45, 2.75) is 117 Å². The van der Waals surface area contributed by atoms with Gasteiger partial charge in [0.1, 0.15) is 17.7 Å². The zero-order valence-corrected chi connectivity index (χ0v) is 25.6. The number of carbonyl (C=O) groups excluding carboxylic acids is 3. The fourth-order valence-electron chi connectivity index (χ4n) is 3.73. The third-order valence-corrected chi connectivity index (χ3v) is 6.53. The van der Waals surface area contributed by atoms with Crippen LogP contribution in [-0.2, 0) is 23.7 Å². The normalized spacial score (nSPS) is 13.3. The number of carbonyl (C=O) groups is 4. The summed E-state index contributed by atoms with van der Waals surface area (Å²) in [5, 5.41) is 9.69. The van der Waals surface area contributed by atoms with Crippen LogP contribution in [0.4, 0.5) is 14.4 Å². The summed E-state index contributed by atoms with van der Waals surface area (Å²) in [6, 6.07) is 2.75. The van der Waals surface area contributed by atoms with Gasteiger partial charge in [-0.2, -0.15) is 0 Å². The molecule has 12 nitrogen and oxygen atoms in total. The topological polar surface area (TPSA) is 170 Å². The van der Waals surface area contributed by atoms with Gasteiger partial charge in [0.05, 0.1) is 13.2 Å². The lowest BCUT2D eigenvalue weighted by Crippen LogP contribution is -2.38. The third kappa shape index (κ3) is 13.9. The molecule has 0 aliphatic rings. The van der Waals surface area contributed by atoms with Crippen LogP contribution in [0.5, 0.6) is 11.5 Å². The highest BCUT2D eigenvalue weighted by atomic mass is 16.7. The molecule has 0 saturated heterocycles. The lowest BCUT2D eigenvalue weighted by atomic mass is 9.87. The van der Waals surface area contributed by atoms with E-state index < -0.39 is 48.1 Å². The van der Waals surface area contributed by atoms with E-state index in [1.54, 1.807) is 20.8 Å². The highest BCUT2D eigenvalue weighted by molar-refractivity contribution is 5.75. The molecule has 1 aromatic rings. The monoisotopic (exact) mass is 597 g/mol. The average molecular weight is 598 g/mol. The van der Waals surface area contributed by atoms with Crippen molar-refractivity contribution in [2.24, 2.45) is 5.73 Å². The van der Waals surface area contributed by atoms with Crippen LogP contribution in [-0.4, -0.2) is 60.5 Å². The van der Waals surface area contributed by atoms with E-state index in [0.717, 1.165) is 25.7 Å². The first kappa shape index (κ1) is 36.5. The highest BCUT2D eigenvalue weighted by Gasteiger charge is 2.31. The number of benzene rings is 1. The number of aliphatic carboxylic acids is 1. The maximum absolute atomic E-state index is 12.4. The van der Waals surface area contributed by atoms with Gasteiger partial charge in [0, 0.05) is 5.92 Å². The van der Waals surface area contributed by atoms with Crippen LogP contribution in [0, 0.1) is 0 Å². The Morgan fingerprint density at radius 3 is 1.90 bits per heavy atom. The summed E-state index contributed by atoms with van der Waals surface area (Å²) in [6.07, 6.45) is 1.77. The average Bonchev–Trinajstić information content (AvgIpc) is 2.92. The largest absolute Gasteiger partial charge is 0.513 e. The van der Waals surface area contributed by atoms with Crippen LogP contribution in [0.1, 0.15) is 104 Å². The minimum absolute atomic E-state index is 0.00427. The SMILES string of the molecule is CCCCCOC(=O)Oc1ccc(C(CC(C)OC(=O)OC(C)(C)CC)[C@H](N)C(=O)O)cc1OC(=O)OCCCCC. The van der Waals surface area contributed by atoms with Gasteiger partial charge in [-0.15, -0.1) is 0 Å². The lowest BCUT2D eigenvalue weighted by molar-refractivity contribution is -0.139. The van der Waals surface area contributed by atoms with Gasteiger partial charge in [0.2, 0.25) is 0 Å². The second kappa shape index (κ2) is 18.8. The fraction of sp³-hybridized carbons (Fsp3) is 0.667. The van der Waals surface area contributed by atoms with E-state index in [0.29, 0.717) is 24.8 Å². The van der Waals surface area contributed by atoms with Crippen molar-refractivity contribution in [1.82, 2.24) is 0 Å². The molecular weight excluding hydrogens is 550 g/mol. The second-order valence-corrected chi connectivity index (χ2v) is 10.6. The summed E-state index contributed by atoms with van der Waals surface area (Å²) in [6.45, 7) is 11.2. The van der Waals surface area contributed by atoms with Crippen LogP contribution in [0.15, 0.2) is 18.2 Å². The van der Waals surface area contributed by atoms with Gasteiger partial charge < -0.3 is 39.3 Å². The molecule has 1 aromatic carbocycles. The number of unbranched alkanes of at least 4 members (excludes halogenated alkanes) is 4. The standard InChI is InChI=1S/C30H47NO11/c1-7-10-12-16-37-27(34)40-23-15-14-21(19-24(23)41-28(35)38-17-13-11-8-2)22(25(31)26(32)33)18-20(4)39-29(36)42-30(5,6)9-3/h14-15,19-20,22,25H,7-13,16-18,31H2,1-6H3,(H,32,33)/t20?,22?,25-/m0/s1. The molecule has 1 rings (SSSR count). The summed E-state index contributed by atoms with van der Waals surface area (Å²) in [5.41, 5.74) is 5.63. The molecule has 3 N–H and O–H groups in total. The Balaban J connectivity index is 3.23. The summed E-state index contributed by atoms with van der Waals surface area (Å²) in [5.74, 6) is -2.53. The second-order valence-electron chi connectivity index (χ2n) is 10.6. The van der Waals surface area contributed by atoms with Crippen molar-refractivity contribution in [3.05, 3.63) is 23.8 Å². The molecule has 0 bridgehead atoms. The van der Waals surface area contributed by atoms with E-state index in [9.17, 15) is 24.3 Å². The van der Waals surface area contributed by atoms with E-state index in [-0.39, 0.29) is 31.1 Å². The van der Waals surface area contributed by atoms with Gasteiger partial charge in [0.15, 0.2) is 11.5 Å². The first-order chi connectivity index (χ1) is 19.8. The summed E-state index contributed by atoms with van der Waals surface area (Å²) >= 11 is 0. The Morgan fingerprint density at radius 2 is 1.40 bits per heavy atom. The van der Waals surface area contributed by atoms with E-state index in [1.807, 2.05) is 20.8 Å². The van der Waals surface area contributed by atoms with Crippen LogP contribution >= 0.6 is 0 Å². The highest BCUT2D eigenvalue weighted by Crippen LogP contribution is 2.35. The molecule has 0 saturated carbocycles. The minimum atomic E-state index is -1.41. The van der Waals surface area contributed by atoms with Crippen LogP contribution in [0.25, 0.3) is 0 Å². The van der Waals surface area contributed by atoms with E-state index in [2.05, 4.69) is 0 Å². The molecular formula is C30H47NO11. The van der Waals surface area contributed by atoms with Crippen molar-refractivity contribution in [3.8, 4) is 11.5 Å². The zero-order valence-electron chi connectivity index (χ0n) is 25.6. The van der Waals surface area contributed by atoms with Gasteiger partial charge in [-0.25, -0.2) is 14.4 Å². The van der Waals surface area contributed by atoms with Gasteiger partial charge >= 0.3 is 24.4 Å². The quantitative estimate of drug-likeness (QED) is 0.0794. The lowest BCUT2D eigenvalue weighted by Gasteiger charge is -2.27. The maximum atomic E-state index is 12.4. The summed E-state index contributed by atoms with van der Waals surface area (Å²) in [4.78, 5) is 48.9. The Kier molecular flexibility index (Phi) is 16.3. The van der Waals surface area contributed by atoms with Crippen LogP contribution in [0.2, 0.25) is 0 Å². The van der Waals surface area contributed by atoms with Crippen molar-refractivity contribution >= 4 is 24.4 Å². The number of nitrogens with two attached hydrogens (primary N) is 1. The number of ether oxygens (including phenoxy) is 6. The number of carboxylic acid groups (broad SMARTS) is 1. The molecule has 0 amide bonds. The van der Waals surface area contributed by atoms with Gasteiger partial charge in [-0.1, -0.05) is 52.5 Å². The van der Waals surface area contributed by atoms with E-state index in [1.165, 1.54) is 18.2 Å². The Bertz CT molecular complexity index is 1010. The minimum Gasteiger partial charge on any atom is -0.480 e. The molecule has 2 unspecified atom stereocenters. The van der Waals surface area contributed by atoms with Crippen molar-refractivity contribution in [3.63, 3.8) is 0 Å². The molecule has 0 aliphatic heterocycles. The molecule has 238 valence electrons. The summed E-state index contributed by atoms with van der Waals surface area (Å²) < 4.78 is 31.5. The van der Waals surface area contributed by atoms with Gasteiger partial charge in [0.25, 0.3) is 0 Å². The molecule has 0 radical (unpaired) electrons. The fourth-order valence-corrected chi connectivity index (χ4v) is 3.73. The van der Waals surface area contributed by atoms with Crippen molar-refractivity contribution in [2.75, 3.05) is 13.2 Å². The molecule has 3 atom stereocenters. The molecule has 0 fully saturated rings. The molecule has 42 heavy (non-hydrogen) atoms. The third-order valence-electron chi connectivity index (χ3n) is 6.53.